The molecule has 7 heteroatoms. The Balaban J connectivity index is 1.96. The SMILES string of the molecule is CC[C@H](O)c1nc2nn(C)cc2cc1-c1nc(Br)c(C2CC2)n1C. The Morgan fingerprint density at radius 3 is 2.75 bits per heavy atom. The fraction of sp³-hybridized carbons (Fsp3) is 0.471. The highest BCUT2D eigenvalue weighted by Gasteiger charge is 2.31. The maximum atomic E-state index is 10.5. The molecule has 6 nitrogen and oxygen atoms in total. The van der Waals surface area contributed by atoms with Crippen LogP contribution in [0.25, 0.3) is 22.4 Å². The second-order valence-corrected chi connectivity index (χ2v) is 7.26. The Morgan fingerprint density at radius 1 is 1.33 bits per heavy atom. The van der Waals surface area contributed by atoms with Crippen molar-refractivity contribution in [3.63, 3.8) is 0 Å². The number of halogens is 1. The third kappa shape index (κ3) is 2.46. The molecule has 0 bridgehead atoms. The van der Waals surface area contributed by atoms with E-state index in [-0.39, 0.29) is 0 Å². The summed E-state index contributed by atoms with van der Waals surface area (Å²) in [7, 11) is 3.91. The number of aliphatic hydroxyl groups is 1. The van der Waals surface area contributed by atoms with Gasteiger partial charge in [0.2, 0.25) is 0 Å². The predicted molar refractivity (Wildman–Crippen MR) is 95.6 cm³/mol. The molecule has 1 aliphatic carbocycles. The number of pyridine rings is 1. The minimum absolute atomic E-state index is 0.584. The first-order chi connectivity index (χ1) is 11.5. The average Bonchev–Trinajstić information content (AvgIpc) is 3.24. The van der Waals surface area contributed by atoms with Gasteiger partial charge in [-0.1, -0.05) is 6.92 Å². The fourth-order valence-electron chi connectivity index (χ4n) is 3.23. The van der Waals surface area contributed by atoms with E-state index in [2.05, 4.69) is 30.6 Å². The highest BCUT2D eigenvalue weighted by molar-refractivity contribution is 9.10. The quantitative estimate of drug-likeness (QED) is 0.741. The number of aryl methyl sites for hydroxylation is 1. The highest BCUT2D eigenvalue weighted by Crippen LogP contribution is 2.45. The standard InChI is InChI=1S/C17H20BrN5O/c1-4-12(24)13-11(7-10-8-22(2)21-16(10)19-13)17-20-15(18)14(23(17)3)9-5-6-9/h7-9,12,24H,4-6H2,1-3H3/t12-/m0/s1. The van der Waals surface area contributed by atoms with Gasteiger partial charge in [-0.15, -0.1) is 0 Å². The van der Waals surface area contributed by atoms with Crippen LogP contribution >= 0.6 is 15.9 Å². The van der Waals surface area contributed by atoms with Gasteiger partial charge in [0.05, 0.1) is 17.5 Å². The van der Waals surface area contributed by atoms with Crippen LogP contribution in [0, 0.1) is 0 Å². The van der Waals surface area contributed by atoms with E-state index in [1.54, 1.807) is 4.68 Å². The maximum Gasteiger partial charge on any atom is 0.181 e. The molecule has 4 rings (SSSR count). The zero-order chi connectivity index (χ0) is 17.0. The smallest absolute Gasteiger partial charge is 0.181 e. The van der Waals surface area contributed by atoms with Gasteiger partial charge in [-0.25, -0.2) is 9.97 Å². The first-order valence-corrected chi connectivity index (χ1v) is 9.03. The van der Waals surface area contributed by atoms with Crippen LogP contribution in [0.4, 0.5) is 0 Å². The number of hydrogen-bond donors (Lipinski definition) is 1. The van der Waals surface area contributed by atoms with Crippen molar-refractivity contribution in [1.29, 1.82) is 0 Å². The zero-order valence-corrected chi connectivity index (χ0v) is 15.6. The molecule has 0 amide bonds. The molecule has 0 radical (unpaired) electrons. The lowest BCUT2D eigenvalue weighted by atomic mass is 10.1. The molecular weight excluding hydrogens is 370 g/mol. The van der Waals surface area contributed by atoms with E-state index in [0.29, 0.717) is 23.7 Å². The molecule has 0 spiro atoms. The van der Waals surface area contributed by atoms with Crippen molar-refractivity contribution in [3.8, 4) is 11.4 Å². The van der Waals surface area contributed by atoms with Crippen LogP contribution in [0.1, 0.15) is 49.6 Å². The second kappa shape index (κ2) is 5.67. The van der Waals surface area contributed by atoms with Gasteiger partial charge in [-0.2, -0.15) is 5.10 Å². The van der Waals surface area contributed by atoms with E-state index >= 15 is 0 Å². The summed E-state index contributed by atoms with van der Waals surface area (Å²) in [6.07, 6.45) is 4.32. The number of fused-ring (bicyclic) bond motifs is 1. The van der Waals surface area contributed by atoms with Crippen molar-refractivity contribution >= 4 is 27.0 Å². The number of aromatic nitrogens is 5. The normalized spacial score (nSPS) is 16.0. The predicted octanol–water partition coefficient (Wildman–Crippen LogP) is 3.45. The summed E-state index contributed by atoms with van der Waals surface area (Å²) in [5, 5.41) is 15.8. The third-order valence-electron chi connectivity index (χ3n) is 4.64. The summed E-state index contributed by atoms with van der Waals surface area (Å²) in [6.45, 7) is 1.95. The zero-order valence-electron chi connectivity index (χ0n) is 14.0. The van der Waals surface area contributed by atoms with E-state index in [4.69, 9.17) is 4.98 Å². The minimum atomic E-state index is -0.633. The molecule has 3 aromatic rings. The van der Waals surface area contributed by atoms with Gasteiger partial charge in [0.15, 0.2) is 5.65 Å². The molecule has 3 aromatic heterocycles. The summed E-state index contributed by atoms with van der Waals surface area (Å²) >= 11 is 3.61. The number of imidazole rings is 1. The Morgan fingerprint density at radius 2 is 2.08 bits per heavy atom. The van der Waals surface area contributed by atoms with Crippen molar-refractivity contribution in [3.05, 3.63) is 28.3 Å². The van der Waals surface area contributed by atoms with Gasteiger partial charge in [-0.3, -0.25) is 4.68 Å². The van der Waals surface area contributed by atoms with Crippen molar-refractivity contribution in [2.24, 2.45) is 14.1 Å². The number of rotatable bonds is 4. The maximum absolute atomic E-state index is 10.5. The average molecular weight is 390 g/mol. The van der Waals surface area contributed by atoms with Gasteiger partial charge in [0.25, 0.3) is 0 Å². The van der Waals surface area contributed by atoms with E-state index < -0.39 is 6.10 Å². The monoisotopic (exact) mass is 389 g/mol. The van der Waals surface area contributed by atoms with Gasteiger partial charge in [0, 0.05) is 37.2 Å². The van der Waals surface area contributed by atoms with Crippen LogP contribution in [0.2, 0.25) is 0 Å². The molecule has 1 atom stereocenters. The van der Waals surface area contributed by atoms with Crippen molar-refractivity contribution < 1.29 is 5.11 Å². The number of hydrogen-bond acceptors (Lipinski definition) is 4. The Kier molecular flexibility index (Phi) is 3.73. The highest BCUT2D eigenvalue weighted by atomic mass is 79.9. The molecule has 1 saturated carbocycles. The van der Waals surface area contributed by atoms with Crippen LogP contribution in [0.15, 0.2) is 16.9 Å². The molecule has 0 aromatic carbocycles. The molecule has 126 valence electrons. The first kappa shape index (κ1) is 15.8. The topological polar surface area (TPSA) is 68.8 Å². The molecule has 0 saturated heterocycles. The summed E-state index contributed by atoms with van der Waals surface area (Å²) in [5.41, 5.74) is 3.40. The summed E-state index contributed by atoms with van der Waals surface area (Å²) in [4.78, 5) is 9.37. The molecule has 0 unspecified atom stereocenters. The van der Waals surface area contributed by atoms with Gasteiger partial charge >= 0.3 is 0 Å². The lowest BCUT2D eigenvalue weighted by Crippen LogP contribution is -2.06. The van der Waals surface area contributed by atoms with Crippen LogP contribution in [0.5, 0.6) is 0 Å². The molecule has 0 aliphatic heterocycles. The first-order valence-electron chi connectivity index (χ1n) is 8.24. The molecule has 1 N–H and O–H groups in total. The van der Waals surface area contributed by atoms with Crippen molar-refractivity contribution in [1.82, 2.24) is 24.3 Å². The number of nitrogens with zero attached hydrogens (tertiary/aromatic N) is 5. The third-order valence-corrected chi connectivity index (χ3v) is 5.22. The molecule has 1 aliphatic rings. The molecular formula is C17H20BrN5O. The van der Waals surface area contributed by atoms with Crippen LogP contribution in [-0.4, -0.2) is 29.4 Å². The summed E-state index contributed by atoms with van der Waals surface area (Å²) in [6, 6.07) is 2.04. The van der Waals surface area contributed by atoms with E-state index in [0.717, 1.165) is 21.4 Å². The summed E-state index contributed by atoms with van der Waals surface area (Å²) < 4.78 is 4.77. The van der Waals surface area contributed by atoms with Crippen LogP contribution in [0.3, 0.4) is 0 Å². The van der Waals surface area contributed by atoms with Gasteiger partial charge in [-0.05, 0) is 41.3 Å². The van der Waals surface area contributed by atoms with E-state index in [1.807, 2.05) is 33.3 Å². The minimum Gasteiger partial charge on any atom is -0.387 e. The Hall–Kier alpha value is -1.73. The van der Waals surface area contributed by atoms with Gasteiger partial charge < -0.3 is 9.67 Å². The largest absolute Gasteiger partial charge is 0.387 e. The summed E-state index contributed by atoms with van der Waals surface area (Å²) in [5.74, 6) is 1.42. The number of aliphatic hydroxyl groups excluding tert-OH is 1. The Labute approximate surface area is 148 Å². The van der Waals surface area contributed by atoms with E-state index in [1.165, 1.54) is 18.5 Å². The molecule has 3 heterocycles. The second-order valence-electron chi connectivity index (χ2n) is 6.51. The van der Waals surface area contributed by atoms with Crippen LogP contribution < -0.4 is 0 Å². The molecule has 1 fully saturated rings. The van der Waals surface area contributed by atoms with Crippen molar-refractivity contribution in [2.75, 3.05) is 0 Å². The Bertz CT molecular complexity index is 925. The van der Waals surface area contributed by atoms with Crippen molar-refractivity contribution in [2.45, 2.75) is 38.2 Å². The van der Waals surface area contributed by atoms with Crippen LogP contribution in [-0.2, 0) is 14.1 Å². The fourth-order valence-corrected chi connectivity index (χ4v) is 3.99. The lowest BCUT2D eigenvalue weighted by Gasteiger charge is -2.13. The lowest BCUT2D eigenvalue weighted by molar-refractivity contribution is 0.170. The van der Waals surface area contributed by atoms with Gasteiger partial charge in [0.1, 0.15) is 10.4 Å². The molecule has 24 heavy (non-hydrogen) atoms. The van der Waals surface area contributed by atoms with E-state index in [9.17, 15) is 5.11 Å².